The Morgan fingerprint density at radius 1 is 1.23 bits per heavy atom. The smallest absolute Gasteiger partial charge is 0.306 e. The molecule has 5 heteroatoms. The summed E-state index contributed by atoms with van der Waals surface area (Å²) in [6.07, 6.45) is 5.63. The number of nitrogens with one attached hydrogen (secondary N) is 1. The summed E-state index contributed by atoms with van der Waals surface area (Å²) in [5.74, 6) is -0.140. The van der Waals surface area contributed by atoms with Gasteiger partial charge in [-0.1, -0.05) is 51.1 Å². The number of nitrogens with zero attached hydrogens (tertiary/aromatic N) is 1. The first kappa shape index (κ1) is 21.8. The monoisotopic (exact) mass is 358 g/mol. The molecule has 3 rings (SSSR count). The predicted octanol–water partition coefficient (Wildman–Crippen LogP) is 3.92. The van der Waals surface area contributed by atoms with Crippen molar-refractivity contribution in [3.05, 3.63) is 54.4 Å². The molecule has 0 spiro atoms. The number of carbonyl (C=O) groups is 1. The predicted molar refractivity (Wildman–Crippen MR) is 104 cm³/mol. The minimum Gasteiger partial charge on any atom is -0.461 e. The van der Waals surface area contributed by atoms with E-state index in [0.717, 1.165) is 36.1 Å². The van der Waals surface area contributed by atoms with Gasteiger partial charge < -0.3 is 9.84 Å². The third kappa shape index (κ3) is 8.23. The van der Waals surface area contributed by atoms with Crippen molar-refractivity contribution < 1.29 is 14.6 Å². The van der Waals surface area contributed by atoms with Gasteiger partial charge in [-0.25, -0.2) is 0 Å². The SMILES string of the molecule is CC.CCCC(=O)OCc1ccc(-c2cccnc2)cc1.OC1CCN1. The maximum absolute atomic E-state index is 11.3. The van der Waals surface area contributed by atoms with Gasteiger partial charge in [-0.15, -0.1) is 0 Å². The number of aliphatic hydroxyl groups is 1. The average Bonchev–Trinajstić information content (AvgIpc) is 2.68. The van der Waals surface area contributed by atoms with Crippen LogP contribution in [0.15, 0.2) is 48.8 Å². The molecule has 1 aliphatic heterocycles. The highest BCUT2D eigenvalue weighted by molar-refractivity contribution is 5.69. The van der Waals surface area contributed by atoms with Crippen LogP contribution in [0.4, 0.5) is 0 Å². The Bertz CT molecular complexity index is 611. The van der Waals surface area contributed by atoms with Crippen LogP contribution < -0.4 is 5.32 Å². The van der Waals surface area contributed by atoms with E-state index >= 15 is 0 Å². The molecule has 0 saturated carbocycles. The molecule has 2 aromatic rings. The lowest BCUT2D eigenvalue weighted by Gasteiger charge is -2.20. The highest BCUT2D eigenvalue weighted by atomic mass is 16.5. The molecule has 1 saturated heterocycles. The van der Waals surface area contributed by atoms with Crippen LogP contribution in [0.5, 0.6) is 0 Å². The summed E-state index contributed by atoms with van der Waals surface area (Å²) in [5.41, 5.74) is 3.19. The largest absolute Gasteiger partial charge is 0.461 e. The third-order valence-electron chi connectivity index (χ3n) is 3.60. The number of benzene rings is 1. The maximum Gasteiger partial charge on any atom is 0.306 e. The Morgan fingerprint density at radius 2 is 1.88 bits per heavy atom. The molecule has 5 nitrogen and oxygen atoms in total. The molecule has 0 radical (unpaired) electrons. The van der Waals surface area contributed by atoms with Crippen LogP contribution in [-0.4, -0.2) is 28.8 Å². The van der Waals surface area contributed by atoms with Gasteiger partial charge >= 0.3 is 5.97 Å². The molecule has 2 heterocycles. The summed E-state index contributed by atoms with van der Waals surface area (Å²) in [6, 6.07) is 11.9. The number of rotatable bonds is 5. The Labute approximate surface area is 156 Å². The van der Waals surface area contributed by atoms with Gasteiger partial charge in [0.25, 0.3) is 0 Å². The van der Waals surface area contributed by atoms with Gasteiger partial charge in [-0.05, 0) is 35.6 Å². The van der Waals surface area contributed by atoms with Crippen LogP contribution in [0.3, 0.4) is 0 Å². The van der Waals surface area contributed by atoms with Crippen molar-refractivity contribution in [3.8, 4) is 11.1 Å². The summed E-state index contributed by atoms with van der Waals surface area (Å²) in [5, 5.41) is 11.1. The normalized spacial score (nSPS) is 14.7. The number of esters is 1. The topological polar surface area (TPSA) is 71.5 Å². The van der Waals surface area contributed by atoms with Crippen molar-refractivity contribution in [2.24, 2.45) is 0 Å². The second kappa shape index (κ2) is 13.0. The zero-order chi connectivity index (χ0) is 19.2. The maximum atomic E-state index is 11.3. The van der Waals surface area contributed by atoms with E-state index in [1.807, 2.05) is 63.4 Å². The molecule has 1 aromatic heterocycles. The van der Waals surface area contributed by atoms with Crippen LogP contribution in [0.1, 0.15) is 45.6 Å². The molecule has 142 valence electrons. The van der Waals surface area contributed by atoms with Gasteiger partial charge in [0, 0.05) is 25.4 Å². The first-order valence-corrected chi connectivity index (χ1v) is 9.25. The Kier molecular flexibility index (Phi) is 10.9. The molecule has 0 aliphatic carbocycles. The van der Waals surface area contributed by atoms with Crippen molar-refractivity contribution in [2.45, 2.75) is 52.9 Å². The fraction of sp³-hybridized carbons (Fsp3) is 0.429. The molecule has 1 fully saturated rings. The minimum absolute atomic E-state index is 0.140. The lowest BCUT2D eigenvalue weighted by Crippen LogP contribution is -2.42. The second-order valence-electron chi connectivity index (χ2n) is 5.61. The van der Waals surface area contributed by atoms with Crippen molar-refractivity contribution in [2.75, 3.05) is 6.54 Å². The molecule has 1 aromatic carbocycles. The van der Waals surface area contributed by atoms with Crippen LogP contribution in [0.25, 0.3) is 11.1 Å². The van der Waals surface area contributed by atoms with E-state index in [0.29, 0.717) is 13.0 Å². The second-order valence-corrected chi connectivity index (χ2v) is 5.61. The molecule has 0 bridgehead atoms. The quantitative estimate of drug-likeness (QED) is 0.793. The van der Waals surface area contributed by atoms with E-state index in [1.54, 1.807) is 6.20 Å². The molecule has 1 unspecified atom stereocenters. The number of hydrogen-bond donors (Lipinski definition) is 2. The minimum atomic E-state index is -0.185. The van der Waals surface area contributed by atoms with E-state index < -0.39 is 0 Å². The zero-order valence-corrected chi connectivity index (χ0v) is 15.9. The van der Waals surface area contributed by atoms with Crippen molar-refractivity contribution >= 4 is 5.97 Å². The van der Waals surface area contributed by atoms with Gasteiger partial charge in [-0.2, -0.15) is 0 Å². The van der Waals surface area contributed by atoms with Gasteiger partial charge in [-0.3, -0.25) is 15.1 Å². The lowest BCUT2D eigenvalue weighted by atomic mass is 10.1. The van der Waals surface area contributed by atoms with Crippen LogP contribution in [-0.2, 0) is 16.1 Å². The summed E-state index contributed by atoms with van der Waals surface area (Å²) in [4.78, 5) is 15.4. The summed E-state index contributed by atoms with van der Waals surface area (Å²) in [7, 11) is 0. The summed E-state index contributed by atoms with van der Waals surface area (Å²) in [6.45, 7) is 7.29. The molecule has 1 aliphatic rings. The van der Waals surface area contributed by atoms with E-state index in [-0.39, 0.29) is 12.2 Å². The molecular weight excluding hydrogens is 328 g/mol. The average molecular weight is 358 g/mol. The van der Waals surface area contributed by atoms with Crippen LogP contribution >= 0.6 is 0 Å². The molecule has 1 atom stereocenters. The van der Waals surface area contributed by atoms with E-state index in [2.05, 4.69) is 10.3 Å². The van der Waals surface area contributed by atoms with E-state index in [1.165, 1.54) is 0 Å². The van der Waals surface area contributed by atoms with Gasteiger partial charge in [0.1, 0.15) is 12.8 Å². The molecule has 0 amide bonds. The fourth-order valence-corrected chi connectivity index (χ4v) is 2.04. The van der Waals surface area contributed by atoms with Gasteiger partial charge in [0.15, 0.2) is 0 Å². The Morgan fingerprint density at radius 3 is 2.35 bits per heavy atom. The third-order valence-corrected chi connectivity index (χ3v) is 3.60. The Hall–Kier alpha value is -2.24. The van der Waals surface area contributed by atoms with E-state index in [4.69, 9.17) is 9.84 Å². The fourth-order valence-electron chi connectivity index (χ4n) is 2.04. The van der Waals surface area contributed by atoms with Gasteiger partial charge in [0.05, 0.1) is 0 Å². The molecule has 26 heavy (non-hydrogen) atoms. The Balaban J connectivity index is 0.000000408. The van der Waals surface area contributed by atoms with Crippen molar-refractivity contribution in [3.63, 3.8) is 0 Å². The summed E-state index contributed by atoms with van der Waals surface area (Å²) >= 11 is 0. The first-order valence-electron chi connectivity index (χ1n) is 9.25. The zero-order valence-electron chi connectivity index (χ0n) is 15.9. The van der Waals surface area contributed by atoms with Crippen molar-refractivity contribution in [1.82, 2.24) is 10.3 Å². The lowest BCUT2D eigenvalue weighted by molar-refractivity contribution is -0.144. The first-order chi connectivity index (χ1) is 12.7. The number of carbonyl (C=O) groups excluding carboxylic acids is 1. The highest BCUT2D eigenvalue weighted by Crippen LogP contribution is 2.18. The highest BCUT2D eigenvalue weighted by Gasteiger charge is 2.09. The summed E-state index contributed by atoms with van der Waals surface area (Å²) < 4.78 is 5.16. The number of pyridine rings is 1. The van der Waals surface area contributed by atoms with Crippen molar-refractivity contribution in [1.29, 1.82) is 0 Å². The number of aliphatic hydroxyl groups excluding tert-OH is 1. The standard InChI is InChI=1S/C16H17NO2.C3H7NO.C2H6/c1-2-4-16(18)19-12-13-6-8-14(9-7-13)15-5-3-10-17-11-15;5-3-1-2-4-3;1-2/h3,5-11H,2,4,12H2,1H3;3-5H,1-2H2;1-2H3. The van der Waals surface area contributed by atoms with E-state index in [9.17, 15) is 4.79 Å². The van der Waals surface area contributed by atoms with Crippen LogP contribution in [0.2, 0.25) is 0 Å². The van der Waals surface area contributed by atoms with Crippen LogP contribution in [0, 0.1) is 0 Å². The number of hydrogen-bond acceptors (Lipinski definition) is 5. The molecule has 2 N–H and O–H groups in total. The number of ether oxygens (including phenoxy) is 1. The number of aromatic nitrogens is 1. The molecular formula is C21H30N2O3. The van der Waals surface area contributed by atoms with Gasteiger partial charge in [0.2, 0.25) is 0 Å².